The van der Waals surface area contributed by atoms with Crippen LogP contribution < -0.4 is 5.32 Å². The van der Waals surface area contributed by atoms with E-state index in [2.05, 4.69) is 5.32 Å². The van der Waals surface area contributed by atoms with Crippen LogP contribution >= 0.6 is 11.6 Å². The van der Waals surface area contributed by atoms with Gasteiger partial charge in [0.05, 0.1) is 5.56 Å². The number of carboxylic acid groups (broad SMARTS) is 1. The lowest BCUT2D eigenvalue weighted by Crippen LogP contribution is -2.54. The maximum Gasteiger partial charge on any atom is 0.337 e. The van der Waals surface area contributed by atoms with Crippen LogP contribution in [0.2, 0.25) is 5.02 Å². The Balaban J connectivity index is 1.66. The summed E-state index contributed by atoms with van der Waals surface area (Å²) in [5.41, 5.74) is 1.14. The fourth-order valence-corrected chi connectivity index (χ4v) is 5.52. The smallest absolute Gasteiger partial charge is 0.337 e. The first-order valence-electron chi connectivity index (χ1n) is 7.84. The van der Waals surface area contributed by atoms with Gasteiger partial charge in [0.25, 0.3) is 0 Å². The topological polar surface area (TPSA) is 49.3 Å². The van der Waals surface area contributed by atoms with Crippen molar-refractivity contribution in [2.24, 2.45) is 17.8 Å². The average Bonchev–Trinajstić information content (AvgIpc) is 2.38. The van der Waals surface area contributed by atoms with Crippen LogP contribution in [-0.2, 0) is 0 Å². The molecule has 21 heavy (non-hydrogen) atoms. The summed E-state index contributed by atoms with van der Waals surface area (Å²) in [7, 11) is 0. The Kier molecular flexibility index (Phi) is 2.97. The Bertz CT molecular complexity index is 563. The number of nitrogens with one attached hydrogen (secondary N) is 1. The van der Waals surface area contributed by atoms with Gasteiger partial charge in [-0.15, -0.1) is 0 Å². The van der Waals surface area contributed by atoms with Gasteiger partial charge in [-0.05, 0) is 74.5 Å². The van der Waals surface area contributed by atoms with Crippen LogP contribution in [-0.4, -0.2) is 16.6 Å². The molecule has 4 aliphatic rings. The normalized spacial score (nSPS) is 36.7. The quantitative estimate of drug-likeness (QED) is 0.869. The molecule has 0 spiro atoms. The second-order valence-electron chi connectivity index (χ2n) is 7.32. The van der Waals surface area contributed by atoms with E-state index in [1.54, 1.807) is 12.1 Å². The molecule has 0 atom stereocenters. The second kappa shape index (κ2) is 4.64. The van der Waals surface area contributed by atoms with Crippen LogP contribution in [0, 0.1) is 17.8 Å². The summed E-state index contributed by atoms with van der Waals surface area (Å²) in [5.74, 6) is 1.60. The van der Waals surface area contributed by atoms with Crippen LogP contribution in [0.15, 0.2) is 18.2 Å². The summed E-state index contributed by atoms with van der Waals surface area (Å²) in [6.07, 6.45) is 7.73. The SMILES string of the molecule is O=C(O)c1cc(Cl)ccc1NC12CC3CC(CC(C3)C1)C2. The van der Waals surface area contributed by atoms with Gasteiger partial charge in [-0.2, -0.15) is 0 Å². The fourth-order valence-electron chi connectivity index (χ4n) is 5.35. The van der Waals surface area contributed by atoms with Crippen molar-refractivity contribution >= 4 is 23.3 Å². The first-order valence-corrected chi connectivity index (χ1v) is 8.22. The molecule has 3 nitrogen and oxygen atoms in total. The number of benzene rings is 1. The minimum absolute atomic E-state index is 0.118. The molecule has 0 unspecified atom stereocenters. The average molecular weight is 306 g/mol. The van der Waals surface area contributed by atoms with Gasteiger partial charge in [-0.25, -0.2) is 4.79 Å². The Hall–Kier alpha value is -1.22. The summed E-state index contributed by atoms with van der Waals surface area (Å²) in [6, 6.07) is 5.15. The van der Waals surface area contributed by atoms with Crippen LogP contribution in [0.5, 0.6) is 0 Å². The van der Waals surface area contributed by atoms with Crippen molar-refractivity contribution in [3.05, 3.63) is 28.8 Å². The number of aromatic carboxylic acids is 1. The van der Waals surface area contributed by atoms with Crippen molar-refractivity contribution < 1.29 is 9.90 Å². The van der Waals surface area contributed by atoms with Gasteiger partial charge >= 0.3 is 5.97 Å². The first kappa shape index (κ1) is 13.4. The fraction of sp³-hybridized carbons (Fsp3) is 0.588. The van der Waals surface area contributed by atoms with Gasteiger partial charge in [0, 0.05) is 16.2 Å². The maximum absolute atomic E-state index is 11.5. The molecule has 4 saturated carbocycles. The Morgan fingerprint density at radius 3 is 2.24 bits per heavy atom. The third-order valence-electron chi connectivity index (χ3n) is 5.65. The van der Waals surface area contributed by atoms with E-state index in [0.717, 1.165) is 23.4 Å². The van der Waals surface area contributed by atoms with Crippen molar-refractivity contribution in [1.29, 1.82) is 0 Å². The summed E-state index contributed by atoms with van der Waals surface area (Å²) < 4.78 is 0. The van der Waals surface area contributed by atoms with Gasteiger partial charge in [-0.3, -0.25) is 0 Å². The van der Waals surface area contributed by atoms with Crippen molar-refractivity contribution in [1.82, 2.24) is 0 Å². The molecule has 1 aromatic rings. The van der Waals surface area contributed by atoms with E-state index in [4.69, 9.17) is 11.6 Å². The molecular formula is C17H20ClNO2. The van der Waals surface area contributed by atoms with Crippen LogP contribution in [0.3, 0.4) is 0 Å². The number of carboxylic acids is 1. The standard InChI is InChI=1S/C17H20ClNO2/c18-13-1-2-15(14(6-13)16(20)21)19-17-7-10-3-11(8-17)5-12(4-10)9-17/h1-2,6,10-12,19H,3-5,7-9H2,(H,20,21). The highest BCUT2D eigenvalue weighted by atomic mass is 35.5. The molecule has 1 aromatic carbocycles. The first-order chi connectivity index (χ1) is 10.0. The molecule has 0 amide bonds. The Labute approximate surface area is 129 Å². The third kappa shape index (κ3) is 2.32. The number of anilines is 1. The Morgan fingerprint density at radius 1 is 1.14 bits per heavy atom. The molecule has 4 heteroatoms. The van der Waals surface area contributed by atoms with Crippen molar-refractivity contribution in [2.45, 2.75) is 44.1 Å². The van der Waals surface area contributed by atoms with Gasteiger partial charge < -0.3 is 10.4 Å². The second-order valence-corrected chi connectivity index (χ2v) is 7.75. The molecule has 4 aliphatic carbocycles. The molecule has 0 heterocycles. The lowest BCUT2D eigenvalue weighted by Gasteiger charge is -2.57. The number of hydrogen-bond donors (Lipinski definition) is 2. The van der Waals surface area contributed by atoms with Gasteiger partial charge in [0.2, 0.25) is 0 Å². The highest BCUT2D eigenvalue weighted by Gasteiger charge is 2.51. The number of carbonyl (C=O) groups is 1. The molecule has 0 aliphatic heterocycles. The monoisotopic (exact) mass is 305 g/mol. The maximum atomic E-state index is 11.5. The van der Waals surface area contributed by atoms with E-state index in [9.17, 15) is 9.90 Å². The molecule has 2 N–H and O–H groups in total. The zero-order chi connectivity index (χ0) is 14.6. The summed E-state index contributed by atoms with van der Waals surface area (Å²) in [5, 5.41) is 13.5. The van der Waals surface area contributed by atoms with E-state index in [1.807, 2.05) is 6.07 Å². The van der Waals surface area contributed by atoms with Crippen molar-refractivity contribution in [3.8, 4) is 0 Å². The highest BCUT2D eigenvalue weighted by molar-refractivity contribution is 6.31. The molecular weight excluding hydrogens is 286 g/mol. The molecule has 0 aromatic heterocycles. The lowest BCUT2D eigenvalue weighted by molar-refractivity contribution is 0.0107. The van der Waals surface area contributed by atoms with Gasteiger partial charge in [0.15, 0.2) is 0 Å². The van der Waals surface area contributed by atoms with E-state index in [-0.39, 0.29) is 5.54 Å². The highest BCUT2D eigenvalue weighted by Crippen LogP contribution is 2.56. The van der Waals surface area contributed by atoms with Crippen LogP contribution in [0.25, 0.3) is 0 Å². The largest absolute Gasteiger partial charge is 0.478 e. The molecule has 112 valence electrons. The summed E-state index contributed by atoms with van der Waals surface area (Å²) >= 11 is 5.95. The zero-order valence-electron chi connectivity index (χ0n) is 11.9. The van der Waals surface area contributed by atoms with Gasteiger partial charge in [0.1, 0.15) is 0 Å². The summed E-state index contributed by atoms with van der Waals surface area (Å²) in [4.78, 5) is 11.5. The van der Waals surface area contributed by atoms with E-state index < -0.39 is 5.97 Å². The van der Waals surface area contributed by atoms with Crippen molar-refractivity contribution in [2.75, 3.05) is 5.32 Å². The van der Waals surface area contributed by atoms with E-state index in [1.165, 1.54) is 38.5 Å². The molecule has 0 radical (unpaired) electrons. The van der Waals surface area contributed by atoms with Crippen molar-refractivity contribution in [3.63, 3.8) is 0 Å². The number of hydrogen-bond acceptors (Lipinski definition) is 2. The molecule has 5 rings (SSSR count). The number of rotatable bonds is 3. The molecule has 4 fully saturated rings. The predicted octanol–water partition coefficient (Wildman–Crippen LogP) is 4.42. The van der Waals surface area contributed by atoms with E-state index in [0.29, 0.717) is 10.6 Å². The minimum Gasteiger partial charge on any atom is -0.478 e. The minimum atomic E-state index is -0.912. The van der Waals surface area contributed by atoms with Gasteiger partial charge in [-0.1, -0.05) is 11.6 Å². The summed E-state index contributed by atoms with van der Waals surface area (Å²) in [6.45, 7) is 0. The molecule has 0 saturated heterocycles. The third-order valence-corrected chi connectivity index (χ3v) is 5.89. The lowest BCUT2D eigenvalue weighted by atomic mass is 9.53. The Morgan fingerprint density at radius 2 is 1.71 bits per heavy atom. The number of halogens is 1. The van der Waals surface area contributed by atoms with E-state index >= 15 is 0 Å². The molecule has 4 bridgehead atoms. The predicted molar refractivity (Wildman–Crippen MR) is 82.9 cm³/mol. The zero-order valence-corrected chi connectivity index (χ0v) is 12.7. The van der Waals surface area contributed by atoms with Crippen LogP contribution in [0.4, 0.5) is 5.69 Å². The van der Waals surface area contributed by atoms with Crippen LogP contribution in [0.1, 0.15) is 48.9 Å².